The number of anilines is 1. The Bertz CT molecular complexity index is 755. The molecule has 0 aliphatic heterocycles. The molecule has 144 valence electrons. The number of hydrogen-bond acceptors (Lipinski definition) is 4. The lowest BCUT2D eigenvalue weighted by atomic mass is 10.1. The molecule has 0 saturated heterocycles. The predicted molar refractivity (Wildman–Crippen MR) is 103 cm³/mol. The topological polar surface area (TPSA) is 75.7 Å². The molecular weight excluding hydrogens is 352 g/mol. The van der Waals surface area contributed by atoms with Crippen molar-refractivity contribution in [2.24, 2.45) is 5.92 Å². The summed E-state index contributed by atoms with van der Waals surface area (Å²) in [4.78, 5) is 12.3. The molecule has 0 spiro atoms. The summed E-state index contributed by atoms with van der Waals surface area (Å²) >= 11 is 0. The Kier molecular flexibility index (Phi) is 7.23. The van der Waals surface area contributed by atoms with Crippen LogP contribution in [0, 0.1) is 5.92 Å². The zero-order chi connectivity index (χ0) is 19.2. The van der Waals surface area contributed by atoms with E-state index in [0.717, 1.165) is 12.8 Å². The molecule has 0 bridgehead atoms. The second kappa shape index (κ2) is 9.19. The van der Waals surface area contributed by atoms with Crippen molar-refractivity contribution in [3.8, 4) is 5.75 Å². The number of ether oxygens (including phenoxy) is 1. The van der Waals surface area contributed by atoms with Gasteiger partial charge in [-0.3, -0.25) is 4.79 Å². The first kappa shape index (κ1) is 20.5. The van der Waals surface area contributed by atoms with Gasteiger partial charge in [-0.25, -0.2) is 8.42 Å². The maximum absolute atomic E-state index is 12.9. The maximum Gasteiger partial charge on any atom is 0.246 e. The Morgan fingerprint density at radius 1 is 1.27 bits per heavy atom. The van der Waals surface area contributed by atoms with Crippen LogP contribution in [0.4, 0.5) is 5.69 Å². The molecule has 2 rings (SSSR count). The summed E-state index contributed by atoms with van der Waals surface area (Å²) < 4.78 is 32.7. The van der Waals surface area contributed by atoms with E-state index in [1.807, 2.05) is 0 Å². The van der Waals surface area contributed by atoms with E-state index in [9.17, 15) is 13.2 Å². The Morgan fingerprint density at radius 2 is 2.00 bits per heavy atom. The summed E-state index contributed by atoms with van der Waals surface area (Å²) in [5, 5.41) is 2.81. The van der Waals surface area contributed by atoms with E-state index in [4.69, 9.17) is 4.74 Å². The third-order valence-corrected chi connectivity index (χ3v) is 6.48. The lowest BCUT2D eigenvalue weighted by Gasteiger charge is -2.21. The summed E-state index contributed by atoms with van der Waals surface area (Å²) in [6.07, 6.45) is 6.55. The smallest absolute Gasteiger partial charge is 0.246 e. The first-order valence-corrected chi connectivity index (χ1v) is 10.6. The standard InChI is InChI=1S/C19H28N2O4S/c1-4-21(5-2)26(23,24)18-14-16(11-12-17(18)25-6-3)20-19(22)13-15-9-7-8-10-15/h7,9,11-12,14-15H,4-6,8,10,13H2,1-3H3,(H,20,22)/t15-/m0/s1. The molecule has 7 heteroatoms. The molecule has 0 radical (unpaired) electrons. The van der Waals surface area contributed by atoms with E-state index in [1.54, 1.807) is 32.9 Å². The van der Waals surface area contributed by atoms with Gasteiger partial charge in [0.2, 0.25) is 15.9 Å². The lowest BCUT2D eigenvalue weighted by molar-refractivity contribution is -0.116. The van der Waals surface area contributed by atoms with E-state index in [2.05, 4.69) is 17.5 Å². The average Bonchev–Trinajstić information content (AvgIpc) is 3.10. The number of carbonyl (C=O) groups is 1. The van der Waals surface area contributed by atoms with Crippen molar-refractivity contribution in [1.82, 2.24) is 4.31 Å². The number of amides is 1. The highest BCUT2D eigenvalue weighted by Gasteiger charge is 2.26. The number of sulfonamides is 1. The zero-order valence-electron chi connectivity index (χ0n) is 15.7. The van der Waals surface area contributed by atoms with Crippen LogP contribution in [0.5, 0.6) is 5.75 Å². The number of allylic oxidation sites excluding steroid dienone is 2. The van der Waals surface area contributed by atoms with Crippen molar-refractivity contribution in [2.75, 3.05) is 25.0 Å². The third-order valence-electron chi connectivity index (χ3n) is 4.41. The van der Waals surface area contributed by atoms with Gasteiger partial charge < -0.3 is 10.1 Å². The predicted octanol–water partition coefficient (Wildman–Crippen LogP) is 3.41. The number of nitrogens with zero attached hydrogens (tertiary/aromatic N) is 1. The summed E-state index contributed by atoms with van der Waals surface area (Å²) in [6.45, 7) is 6.49. The molecule has 26 heavy (non-hydrogen) atoms. The minimum Gasteiger partial charge on any atom is -0.492 e. The Labute approximate surface area is 156 Å². The maximum atomic E-state index is 12.9. The number of rotatable bonds is 9. The fraction of sp³-hybridized carbons (Fsp3) is 0.526. The van der Waals surface area contributed by atoms with Crippen LogP contribution in [0.2, 0.25) is 0 Å². The molecule has 6 nitrogen and oxygen atoms in total. The molecule has 0 unspecified atom stereocenters. The van der Waals surface area contributed by atoms with Crippen molar-refractivity contribution in [3.05, 3.63) is 30.4 Å². The van der Waals surface area contributed by atoms with Crippen LogP contribution >= 0.6 is 0 Å². The normalized spacial score (nSPS) is 16.8. The second-order valence-corrected chi connectivity index (χ2v) is 8.11. The Hall–Kier alpha value is -1.86. The molecule has 1 atom stereocenters. The zero-order valence-corrected chi connectivity index (χ0v) is 16.5. The fourth-order valence-corrected chi connectivity index (χ4v) is 4.70. The van der Waals surface area contributed by atoms with Crippen LogP contribution < -0.4 is 10.1 Å². The summed E-state index contributed by atoms with van der Waals surface area (Å²) in [5.74, 6) is 0.449. The van der Waals surface area contributed by atoms with Crippen molar-refractivity contribution in [3.63, 3.8) is 0 Å². The van der Waals surface area contributed by atoms with Crippen molar-refractivity contribution in [2.45, 2.75) is 44.9 Å². The van der Waals surface area contributed by atoms with Crippen LogP contribution in [-0.4, -0.2) is 38.3 Å². The van der Waals surface area contributed by atoms with Crippen LogP contribution in [0.15, 0.2) is 35.2 Å². The first-order valence-electron chi connectivity index (χ1n) is 9.15. The SMILES string of the molecule is CCOc1ccc(NC(=O)C[C@H]2C=CCC2)cc1S(=O)(=O)N(CC)CC. The Balaban J connectivity index is 2.26. The van der Waals surface area contributed by atoms with Gasteiger partial charge in [-0.05, 0) is 43.9 Å². The van der Waals surface area contributed by atoms with Gasteiger partial charge in [0.15, 0.2) is 0 Å². The van der Waals surface area contributed by atoms with Gasteiger partial charge in [-0.1, -0.05) is 26.0 Å². The number of nitrogens with one attached hydrogen (secondary N) is 1. The van der Waals surface area contributed by atoms with Crippen molar-refractivity contribution in [1.29, 1.82) is 0 Å². The van der Waals surface area contributed by atoms with Crippen molar-refractivity contribution < 1.29 is 17.9 Å². The van der Waals surface area contributed by atoms with Gasteiger partial charge in [-0.2, -0.15) is 4.31 Å². The second-order valence-electron chi connectivity index (χ2n) is 6.20. The lowest BCUT2D eigenvalue weighted by Crippen LogP contribution is -2.31. The molecule has 1 aliphatic rings. The van der Waals surface area contributed by atoms with E-state index in [1.165, 1.54) is 10.4 Å². The molecule has 0 fully saturated rings. The summed E-state index contributed by atoms with van der Waals surface area (Å²) in [6, 6.07) is 4.76. The van der Waals surface area contributed by atoms with Crippen LogP contribution in [-0.2, 0) is 14.8 Å². The minimum atomic E-state index is -3.69. The highest BCUT2D eigenvalue weighted by atomic mass is 32.2. The van der Waals surface area contributed by atoms with Gasteiger partial charge in [0.05, 0.1) is 6.61 Å². The van der Waals surface area contributed by atoms with Gasteiger partial charge in [0.1, 0.15) is 10.6 Å². The van der Waals surface area contributed by atoms with Crippen LogP contribution in [0.25, 0.3) is 0 Å². The largest absolute Gasteiger partial charge is 0.492 e. The molecule has 1 aromatic rings. The average molecular weight is 381 g/mol. The van der Waals surface area contributed by atoms with E-state index < -0.39 is 10.0 Å². The van der Waals surface area contributed by atoms with E-state index in [-0.39, 0.29) is 16.7 Å². The van der Waals surface area contributed by atoms with Gasteiger partial charge in [-0.15, -0.1) is 0 Å². The molecule has 0 heterocycles. The molecule has 1 aliphatic carbocycles. The molecule has 1 aromatic carbocycles. The first-order chi connectivity index (χ1) is 12.4. The van der Waals surface area contributed by atoms with Gasteiger partial charge >= 0.3 is 0 Å². The van der Waals surface area contributed by atoms with E-state index in [0.29, 0.717) is 37.6 Å². The fourth-order valence-electron chi connectivity index (χ4n) is 3.08. The van der Waals surface area contributed by atoms with Gasteiger partial charge in [0, 0.05) is 25.2 Å². The van der Waals surface area contributed by atoms with Crippen LogP contribution in [0.1, 0.15) is 40.0 Å². The molecular formula is C19H28N2O4S. The van der Waals surface area contributed by atoms with Crippen molar-refractivity contribution >= 4 is 21.6 Å². The number of carbonyl (C=O) groups excluding carboxylic acids is 1. The molecule has 1 amide bonds. The highest BCUT2D eigenvalue weighted by Crippen LogP contribution is 2.30. The monoisotopic (exact) mass is 380 g/mol. The summed E-state index contributed by atoms with van der Waals surface area (Å²) in [7, 11) is -3.69. The third kappa shape index (κ3) is 4.86. The Morgan fingerprint density at radius 3 is 2.58 bits per heavy atom. The molecule has 0 aromatic heterocycles. The number of benzene rings is 1. The number of hydrogen-bond donors (Lipinski definition) is 1. The van der Waals surface area contributed by atoms with E-state index >= 15 is 0 Å². The summed E-state index contributed by atoms with van der Waals surface area (Å²) in [5.41, 5.74) is 0.464. The minimum absolute atomic E-state index is 0.0848. The van der Waals surface area contributed by atoms with Gasteiger partial charge in [0.25, 0.3) is 0 Å². The molecule has 0 saturated carbocycles. The highest BCUT2D eigenvalue weighted by molar-refractivity contribution is 7.89. The molecule has 1 N–H and O–H groups in total. The quantitative estimate of drug-likeness (QED) is 0.666. The van der Waals surface area contributed by atoms with Crippen LogP contribution in [0.3, 0.4) is 0 Å².